The summed E-state index contributed by atoms with van der Waals surface area (Å²) in [5.74, 6) is -4.78. The van der Waals surface area contributed by atoms with Crippen molar-refractivity contribution in [3.8, 4) is 11.5 Å². The Morgan fingerprint density at radius 3 is 1.73 bits per heavy atom. The maximum absolute atomic E-state index is 13.8. The van der Waals surface area contributed by atoms with E-state index in [1.807, 2.05) is 0 Å². The lowest BCUT2D eigenvalue weighted by Crippen LogP contribution is -2.33. The van der Waals surface area contributed by atoms with Crippen LogP contribution in [-0.2, 0) is 0 Å². The molecule has 1 atom stereocenters. The Labute approximate surface area is 188 Å². The molecule has 2 heterocycles. The number of halogens is 5. The van der Waals surface area contributed by atoms with Crippen molar-refractivity contribution in [1.29, 1.82) is 0 Å². The standard InChI is InChI=1S/C22H27F5N6/c1-13(23)16-3-2-4-17(30-16)18-31-19(28-14-5-9-21(24,25)10-6-14)33-20(32-18)29-15-7-11-22(26,27)12-8-15/h2-4,13-15H,5-12H2,1H3,(H2,28,29,31,32,33). The Balaban J connectivity index is 1.58. The lowest BCUT2D eigenvalue weighted by molar-refractivity contribution is -0.0366. The molecule has 11 heteroatoms. The molecule has 2 aliphatic rings. The summed E-state index contributed by atoms with van der Waals surface area (Å²) in [5, 5.41) is 6.20. The minimum absolute atomic E-state index is 0.180. The zero-order valence-corrected chi connectivity index (χ0v) is 18.3. The van der Waals surface area contributed by atoms with E-state index in [2.05, 4.69) is 30.6 Å². The van der Waals surface area contributed by atoms with E-state index in [0.717, 1.165) is 0 Å². The summed E-state index contributed by atoms with van der Waals surface area (Å²) in [6.07, 6.45) is -1.10. The number of nitrogens with one attached hydrogen (secondary N) is 2. The van der Waals surface area contributed by atoms with E-state index in [0.29, 0.717) is 5.69 Å². The molecule has 0 radical (unpaired) electrons. The second kappa shape index (κ2) is 9.34. The maximum Gasteiger partial charge on any atom is 0.248 e. The lowest BCUT2D eigenvalue weighted by atomic mass is 9.92. The van der Waals surface area contributed by atoms with Gasteiger partial charge in [-0.05, 0) is 44.7 Å². The first kappa shape index (κ1) is 23.6. The molecule has 180 valence electrons. The third-order valence-corrected chi connectivity index (χ3v) is 6.14. The fourth-order valence-electron chi connectivity index (χ4n) is 4.15. The van der Waals surface area contributed by atoms with Crippen LogP contribution in [0.3, 0.4) is 0 Å². The van der Waals surface area contributed by atoms with E-state index < -0.39 is 18.0 Å². The van der Waals surface area contributed by atoms with E-state index in [1.54, 1.807) is 18.2 Å². The topological polar surface area (TPSA) is 75.6 Å². The van der Waals surface area contributed by atoms with Crippen LogP contribution in [0.5, 0.6) is 0 Å². The second-order valence-corrected chi connectivity index (χ2v) is 8.92. The predicted octanol–water partition coefficient (Wildman–Crippen LogP) is 5.94. The molecule has 4 rings (SSSR count). The largest absolute Gasteiger partial charge is 0.351 e. The molecule has 2 aliphatic carbocycles. The molecule has 0 saturated heterocycles. The van der Waals surface area contributed by atoms with Crippen LogP contribution in [0.25, 0.3) is 11.5 Å². The summed E-state index contributed by atoms with van der Waals surface area (Å²) in [6.45, 7) is 1.37. The average molecular weight is 470 g/mol. The van der Waals surface area contributed by atoms with Gasteiger partial charge in [-0.15, -0.1) is 0 Å². The molecule has 0 aliphatic heterocycles. The van der Waals surface area contributed by atoms with Crippen molar-refractivity contribution < 1.29 is 22.0 Å². The van der Waals surface area contributed by atoms with E-state index in [9.17, 15) is 22.0 Å². The van der Waals surface area contributed by atoms with Gasteiger partial charge in [-0.3, -0.25) is 0 Å². The third kappa shape index (κ3) is 6.26. The molecule has 0 amide bonds. The summed E-state index contributed by atoms with van der Waals surface area (Å²) < 4.78 is 67.8. The van der Waals surface area contributed by atoms with E-state index >= 15 is 0 Å². The maximum atomic E-state index is 13.8. The zero-order chi connectivity index (χ0) is 23.6. The minimum Gasteiger partial charge on any atom is -0.351 e. The Hall–Kier alpha value is -2.59. The third-order valence-electron chi connectivity index (χ3n) is 6.14. The molecule has 2 aromatic heterocycles. The highest BCUT2D eigenvalue weighted by Crippen LogP contribution is 2.35. The summed E-state index contributed by atoms with van der Waals surface area (Å²) >= 11 is 0. The lowest BCUT2D eigenvalue weighted by Gasteiger charge is -2.30. The fraction of sp³-hybridized carbons (Fsp3) is 0.636. The summed E-state index contributed by atoms with van der Waals surface area (Å²) in [6, 6.07) is 4.37. The van der Waals surface area contributed by atoms with Crippen LogP contribution in [0.1, 0.15) is 70.2 Å². The predicted molar refractivity (Wildman–Crippen MR) is 114 cm³/mol. The Kier molecular flexibility index (Phi) is 6.67. The van der Waals surface area contributed by atoms with Crippen LogP contribution in [0.4, 0.5) is 33.8 Å². The smallest absolute Gasteiger partial charge is 0.248 e. The van der Waals surface area contributed by atoms with Gasteiger partial charge >= 0.3 is 0 Å². The van der Waals surface area contributed by atoms with Gasteiger partial charge in [-0.2, -0.15) is 15.0 Å². The SMILES string of the molecule is CC(F)c1cccc(-c2nc(NC3CCC(F)(F)CC3)nc(NC3CCC(F)(F)CC3)n2)n1. The normalized spacial score (nSPS) is 22.0. The first-order chi connectivity index (χ1) is 15.6. The molecule has 2 N–H and O–H groups in total. The van der Waals surface area contributed by atoms with Crippen LogP contribution >= 0.6 is 0 Å². The van der Waals surface area contributed by atoms with Gasteiger partial charge in [0, 0.05) is 37.8 Å². The molecule has 2 saturated carbocycles. The van der Waals surface area contributed by atoms with Crippen LogP contribution < -0.4 is 10.6 Å². The van der Waals surface area contributed by atoms with Crippen LogP contribution in [-0.4, -0.2) is 43.9 Å². The van der Waals surface area contributed by atoms with Gasteiger partial charge in [-0.25, -0.2) is 26.9 Å². The number of nitrogens with zero attached hydrogens (tertiary/aromatic N) is 4. The number of alkyl halides is 5. The van der Waals surface area contributed by atoms with Crippen molar-refractivity contribution in [3.63, 3.8) is 0 Å². The van der Waals surface area contributed by atoms with Crippen molar-refractivity contribution in [2.45, 2.75) is 88.4 Å². The summed E-state index contributed by atoms with van der Waals surface area (Å²) in [7, 11) is 0. The second-order valence-electron chi connectivity index (χ2n) is 8.92. The van der Waals surface area contributed by atoms with Gasteiger partial charge in [-0.1, -0.05) is 6.07 Å². The highest BCUT2D eigenvalue weighted by molar-refractivity contribution is 5.54. The van der Waals surface area contributed by atoms with Crippen LogP contribution in [0.15, 0.2) is 18.2 Å². The minimum atomic E-state index is -2.66. The van der Waals surface area contributed by atoms with Crippen molar-refractivity contribution in [2.75, 3.05) is 10.6 Å². The van der Waals surface area contributed by atoms with Crippen molar-refractivity contribution in [1.82, 2.24) is 19.9 Å². The first-order valence-corrected chi connectivity index (χ1v) is 11.2. The Morgan fingerprint density at radius 1 is 0.788 bits per heavy atom. The average Bonchev–Trinajstić information content (AvgIpc) is 2.77. The molecule has 33 heavy (non-hydrogen) atoms. The first-order valence-electron chi connectivity index (χ1n) is 11.2. The summed E-state index contributed by atoms with van der Waals surface area (Å²) in [4.78, 5) is 17.4. The highest BCUT2D eigenvalue weighted by Gasteiger charge is 2.36. The van der Waals surface area contributed by atoms with Gasteiger partial charge < -0.3 is 10.6 Å². The van der Waals surface area contributed by atoms with Gasteiger partial charge in [0.1, 0.15) is 11.9 Å². The number of pyridine rings is 1. The van der Waals surface area contributed by atoms with Crippen molar-refractivity contribution in [3.05, 3.63) is 23.9 Å². The molecule has 2 aromatic rings. The molecule has 2 fully saturated rings. The van der Waals surface area contributed by atoms with Gasteiger partial charge in [0.25, 0.3) is 0 Å². The quantitative estimate of drug-likeness (QED) is 0.509. The van der Waals surface area contributed by atoms with Crippen LogP contribution in [0, 0.1) is 0 Å². The Bertz CT molecular complexity index is 902. The molecular weight excluding hydrogens is 443 g/mol. The number of rotatable bonds is 6. The van der Waals surface area contributed by atoms with Gasteiger partial charge in [0.15, 0.2) is 5.82 Å². The van der Waals surface area contributed by atoms with Gasteiger partial charge in [0.2, 0.25) is 23.7 Å². The molecule has 0 aromatic carbocycles. The number of hydrogen-bond acceptors (Lipinski definition) is 6. The molecular formula is C22H27F5N6. The number of aromatic nitrogens is 4. The monoisotopic (exact) mass is 470 g/mol. The van der Waals surface area contributed by atoms with Crippen molar-refractivity contribution in [2.24, 2.45) is 0 Å². The van der Waals surface area contributed by atoms with Crippen LogP contribution in [0.2, 0.25) is 0 Å². The van der Waals surface area contributed by atoms with E-state index in [-0.39, 0.29) is 86.9 Å². The molecule has 6 nitrogen and oxygen atoms in total. The number of anilines is 2. The van der Waals surface area contributed by atoms with E-state index in [1.165, 1.54) is 6.92 Å². The number of hydrogen-bond donors (Lipinski definition) is 2. The summed E-state index contributed by atoms with van der Waals surface area (Å²) in [5.41, 5.74) is 0.553. The molecule has 0 bridgehead atoms. The molecule has 0 spiro atoms. The Morgan fingerprint density at radius 2 is 1.27 bits per heavy atom. The highest BCUT2D eigenvalue weighted by atomic mass is 19.3. The van der Waals surface area contributed by atoms with Crippen molar-refractivity contribution >= 4 is 11.9 Å². The zero-order valence-electron chi connectivity index (χ0n) is 18.3. The van der Waals surface area contributed by atoms with E-state index in [4.69, 9.17) is 0 Å². The molecule has 1 unspecified atom stereocenters. The fourth-order valence-corrected chi connectivity index (χ4v) is 4.15. The van der Waals surface area contributed by atoms with Gasteiger partial charge in [0.05, 0.1) is 5.69 Å².